The van der Waals surface area contributed by atoms with E-state index in [0.29, 0.717) is 6.92 Å². The number of ether oxygens (including phenoxy) is 1. The zero-order valence-corrected chi connectivity index (χ0v) is 7.49. The van der Waals surface area contributed by atoms with Gasteiger partial charge in [-0.3, -0.25) is 0 Å². The van der Waals surface area contributed by atoms with Crippen LogP contribution in [0.15, 0.2) is 0 Å². The van der Waals surface area contributed by atoms with E-state index >= 15 is 0 Å². The first-order valence-electron chi connectivity index (χ1n) is 3.73. The summed E-state index contributed by atoms with van der Waals surface area (Å²) in [4.78, 5) is 0. The highest BCUT2D eigenvalue weighted by Crippen LogP contribution is 2.28. The molecule has 0 aliphatic carbocycles. The van der Waals surface area contributed by atoms with Crippen LogP contribution in [0.2, 0.25) is 0 Å². The lowest BCUT2D eigenvalue weighted by Gasteiger charge is -2.19. The number of hydrogen-bond acceptors (Lipinski definition) is 2. The van der Waals surface area contributed by atoms with Gasteiger partial charge >= 0.3 is 12.4 Å². The quantitative estimate of drug-likeness (QED) is 0.704. The average molecular weight is 235 g/mol. The van der Waals surface area contributed by atoms with Crippen molar-refractivity contribution in [3.63, 3.8) is 0 Å². The van der Waals surface area contributed by atoms with Crippen LogP contribution < -0.4 is 0 Å². The number of hydrogen-bond donors (Lipinski definition) is 0. The molecule has 0 saturated carbocycles. The number of halogens is 6. The highest BCUT2D eigenvalue weighted by atomic mass is 19.4. The SMILES string of the molecule is CC(OCC(C#N)C(F)(F)F)C(F)(F)F. The maximum atomic E-state index is 11.9. The highest BCUT2D eigenvalue weighted by molar-refractivity contribution is 4.88. The summed E-state index contributed by atoms with van der Waals surface area (Å²) in [6, 6.07) is 0.831. The molecular weight excluding hydrogens is 228 g/mol. The van der Waals surface area contributed by atoms with Crippen LogP contribution in [0.25, 0.3) is 0 Å². The van der Waals surface area contributed by atoms with E-state index in [1.54, 1.807) is 0 Å². The van der Waals surface area contributed by atoms with Crippen LogP contribution in [-0.2, 0) is 4.74 Å². The molecule has 2 nitrogen and oxygen atoms in total. The van der Waals surface area contributed by atoms with Gasteiger partial charge in [0.05, 0.1) is 12.7 Å². The predicted molar refractivity (Wildman–Crippen MR) is 36.6 cm³/mol. The van der Waals surface area contributed by atoms with E-state index in [1.165, 1.54) is 0 Å². The van der Waals surface area contributed by atoms with E-state index in [0.717, 1.165) is 6.07 Å². The van der Waals surface area contributed by atoms with Crippen LogP contribution in [0, 0.1) is 17.2 Å². The van der Waals surface area contributed by atoms with Gasteiger partial charge in [-0.25, -0.2) is 0 Å². The van der Waals surface area contributed by atoms with Gasteiger partial charge in [0.15, 0.2) is 12.0 Å². The van der Waals surface area contributed by atoms with Gasteiger partial charge in [0.25, 0.3) is 0 Å². The van der Waals surface area contributed by atoms with Crippen molar-refractivity contribution in [2.75, 3.05) is 6.61 Å². The fourth-order valence-corrected chi connectivity index (χ4v) is 0.540. The standard InChI is InChI=1S/C7H7F6NO/c1-4(6(8,9)10)15-3-5(2-14)7(11,12)13/h4-5H,3H2,1H3. The van der Waals surface area contributed by atoms with E-state index < -0.39 is 31.0 Å². The number of rotatable bonds is 3. The molecule has 0 aliphatic rings. The first-order chi connectivity index (χ1) is 6.59. The Morgan fingerprint density at radius 1 is 1.13 bits per heavy atom. The smallest absolute Gasteiger partial charge is 0.367 e. The van der Waals surface area contributed by atoms with Gasteiger partial charge in [-0.1, -0.05) is 0 Å². The Kier molecular flexibility index (Phi) is 4.40. The normalized spacial score (nSPS) is 16.9. The lowest BCUT2D eigenvalue weighted by atomic mass is 10.2. The summed E-state index contributed by atoms with van der Waals surface area (Å²) < 4.78 is 75.0. The Labute approximate surface area is 81.4 Å². The van der Waals surface area contributed by atoms with Gasteiger partial charge in [-0.2, -0.15) is 31.6 Å². The molecule has 0 aromatic carbocycles. The molecule has 0 saturated heterocycles. The third kappa shape index (κ3) is 4.88. The molecule has 0 spiro atoms. The topological polar surface area (TPSA) is 33.0 Å². The summed E-state index contributed by atoms with van der Waals surface area (Å²) in [7, 11) is 0. The Hall–Kier alpha value is -0.970. The van der Waals surface area contributed by atoms with Gasteiger partial charge < -0.3 is 4.74 Å². The molecule has 0 aromatic rings. The Balaban J connectivity index is 4.22. The van der Waals surface area contributed by atoms with Crippen molar-refractivity contribution in [2.24, 2.45) is 5.92 Å². The van der Waals surface area contributed by atoms with Crippen LogP contribution in [-0.4, -0.2) is 25.1 Å². The maximum Gasteiger partial charge on any atom is 0.414 e. The van der Waals surface area contributed by atoms with E-state index in [1.807, 2.05) is 0 Å². The number of nitriles is 1. The number of nitrogens with zero attached hydrogens (tertiary/aromatic N) is 1. The largest absolute Gasteiger partial charge is 0.414 e. The zero-order chi connectivity index (χ0) is 12.3. The van der Waals surface area contributed by atoms with Crippen molar-refractivity contribution in [1.29, 1.82) is 5.26 Å². The molecule has 15 heavy (non-hydrogen) atoms. The van der Waals surface area contributed by atoms with Gasteiger partial charge in [-0.05, 0) is 6.92 Å². The maximum absolute atomic E-state index is 11.9. The van der Waals surface area contributed by atoms with E-state index in [4.69, 9.17) is 5.26 Å². The summed E-state index contributed by atoms with van der Waals surface area (Å²) in [5.41, 5.74) is 0. The summed E-state index contributed by atoms with van der Waals surface area (Å²) in [5, 5.41) is 8.05. The zero-order valence-electron chi connectivity index (χ0n) is 7.49. The van der Waals surface area contributed by atoms with Crippen molar-refractivity contribution in [3.8, 4) is 6.07 Å². The lowest BCUT2D eigenvalue weighted by molar-refractivity contribution is -0.231. The molecule has 2 atom stereocenters. The van der Waals surface area contributed by atoms with Gasteiger partial charge in [0, 0.05) is 0 Å². The van der Waals surface area contributed by atoms with Crippen molar-refractivity contribution >= 4 is 0 Å². The van der Waals surface area contributed by atoms with Crippen molar-refractivity contribution in [2.45, 2.75) is 25.4 Å². The minimum Gasteiger partial charge on any atom is -0.367 e. The molecule has 2 unspecified atom stereocenters. The van der Waals surface area contributed by atoms with Gasteiger partial charge in [0.2, 0.25) is 0 Å². The first kappa shape index (κ1) is 14.0. The number of alkyl halides is 6. The van der Waals surface area contributed by atoms with E-state index in [9.17, 15) is 26.3 Å². The summed E-state index contributed by atoms with van der Waals surface area (Å²) in [5.74, 6) is -2.54. The molecule has 0 amide bonds. The Morgan fingerprint density at radius 3 is 1.87 bits per heavy atom. The fourth-order valence-electron chi connectivity index (χ4n) is 0.540. The second-order valence-electron chi connectivity index (χ2n) is 2.74. The molecule has 88 valence electrons. The van der Waals surface area contributed by atoms with E-state index in [2.05, 4.69) is 4.74 Å². The first-order valence-corrected chi connectivity index (χ1v) is 3.73. The molecule has 0 heterocycles. The van der Waals surface area contributed by atoms with Crippen LogP contribution in [0.1, 0.15) is 6.92 Å². The molecule has 0 radical (unpaired) electrons. The lowest BCUT2D eigenvalue weighted by Crippen LogP contribution is -2.33. The third-order valence-corrected chi connectivity index (χ3v) is 1.52. The Bertz CT molecular complexity index is 239. The molecule has 0 rings (SSSR count). The van der Waals surface area contributed by atoms with Gasteiger partial charge in [0.1, 0.15) is 0 Å². The van der Waals surface area contributed by atoms with Gasteiger partial charge in [-0.15, -0.1) is 0 Å². The van der Waals surface area contributed by atoms with Crippen LogP contribution >= 0.6 is 0 Å². The Morgan fingerprint density at radius 2 is 1.60 bits per heavy atom. The van der Waals surface area contributed by atoms with Crippen molar-refractivity contribution < 1.29 is 31.1 Å². The highest BCUT2D eigenvalue weighted by Gasteiger charge is 2.43. The summed E-state index contributed by atoms with van der Waals surface area (Å²) in [6.45, 7) is -0.745. The van der Waals surface area contributed by atoms with Crippen molar-refractivity contribution in [1.82, 2.24) is 0 Å². The third-order valence-electron chi connectivity index (χ3n) is 1.52. The molecule has 0 N–H and O–H groups in total. The molecule has 0 aromatic heterocycles. The molecule has 8 heteroatoms. The van der Waals surface area contributed by atoms with Crippen molar-refractivity contribution in [3.05, 3.63) is 0 Å². The summed E-state index contributed by atoms with van der Waals surface area (Å²) >= 11 is 0. The molecule has 0 aliphatic heterocycles. The monoisotopic (exact) mass is 235 g/mol. The second-order valence-corrected chi connectivity index (χ2v) is 2.74. The van der Waals surface area contributed by atoms with E-state index in [-0.39, 0.29) is 0 Å². The average Bonchev–Trinajstić information content (AvgIpc) is 2.00. The molecule has 0 bridgehead atoms. The van der Waals surface area contributed by atoms with Crippen LogP contribution in [0.5, 0.6) is 0 Å². The van der Waals surface area contributed by atoms with Crippen LogP contribution in [0.4, 0.5) is 26.3 Å². The predicted octanol–water partition coefficient (Wildman–Crippen LogP) is 2.66. The molecular formula is C7H7F6NO. The summed E-state index contributed by atoms with van der Waals surface area (Å²) in [6.07, 6.45) is -11.9. The molecule has 0 fully saturated rings. The minimum absolute atomic E-state index is 0.574. The minimum atomic E-state index is -4.87. The van der Waals surface area contributed by atoms with Crippen LogP contribution in [0.3, 0.4) is 0 Å². The second kappa shape index (κ2) is 4.70. The fraction of sp³-hybridized carbons (Fsp3) is 0.857.